The Morgan fingerprint density at radius 3 is 2.50 bits per heavy atom. The first-order valence-corrected chi connectivity index (χ1v) is 9.88. The Morgan fingerprint density at radius 2 is 1.93 bits per heavy atom. The van der Waals surface area contributed by atoms with Crippen LogP contribution in [0.25, 0.3) is 0 Å². The Kier molecular flexibility index (Phi) is 5.48. The molecule has 0 saturated carbocycles. The second-order valence-corrected chi connectivity index (χ2v) is 8.24. The highest BCUT2D eigenvalue weighted by atomic mass is 16.4. The number of nitrogens with zero attached hydrogens (tertiary/aromatic N) is 1. The third-order valence-corrected chi connectivity index (χ3v) is 5.86. The summed E-state index contributed by atoms with van der Waals surface area (Å²) in [6.07, 6.45) is 1.72. The first kappa shape index (κ1) is 20.3. The molecule has 4 atom stereocenters. The lowest BCUT2D eigenvalue weighted by atomic mass is 9.75. The van der Waals surface area contributed by atoms with Crippen LogP contribution in [0.2, 0.25) is 0 Å². The number of para-hydroxylation sites is 1. The molecule has 2 saturated heterocycles. The summed E-state index contributed by atoms with van der Waals surface area (Å²) in [5, 5.41) is 23.6. The van der Waals surface area contributed by atoms with Gasteiger partial charge >= 0.3 is 5.97 Å². The molecule has 2 amide bonds. The lowest BCUT2D eigenvalue weighted by Crippen LogP contribution is -2.56. The number of phenolic OH excluding ortho intramolecular Hbond substituents is 1. The molecule has 0 unspecified atom stereocenters. The Labute approximate surface area is 164 Å². The number of aromatic hydroxyl groups is 1. The highest BCUT2D eigenvalue weighted by Gasteiger charge is 2.68. The molecular formula is C21H28N2O5. The number of aliphatic carboxylic acids is 1. The van der Waals surface area contributed by atoms with Crippen LogP contribution in [0, 0.1) is 17.8 Å². The molecule has 1 aromatic carbocycles. The van der Waals surface area contributed by atoms with Crippen LogP contribution in [0.15, 0.2) is 24.3 Å². The number of unbranched alkanes of at least 4 members (excludes halogenated alkanes) is 1. The van der Waals surface area contributed by atoms with E-state index in [2.05, 4.69) is 5.32 Å². The van der Waals surface area contributed by atoms with E-state index in [9.17, 15) is 24.6 Å². The lowest BCUT2D eigenvalue weighted by molar-refractivity contribution is -0.152. The van der Waals surface area contributed by atoms with E-state index in [-0.39, 0.29) is 24.0 Å². The molecule has 3 N–H and O–H groups in total. The van der Waals surface area contributed by atoms with Crippen LogP contribution in [-0.2, 0) is 14.4 Å². The van der Waals surface area contributed by atoms with Crippen molar-refractivity contribution >= 4 is 17.8 Å². The number of amides is 2. The van der Waals surface area contributed by atoms with Crippen LogP contribution < -0.4 is 5.32 Å². The predicted octanol–water partition coefficient (Wildman–Crippen LogP) is 2.31. The minimum atomic E-state index is -1.54. The van der Waals surface area contributed by atoms with Gasteiger partial charge in [-0.15, -0.1) is 0 Å². The summed E-state index contributed by atoms with van der Waals surface area (Å²) >= 11 is 0. The van der Waals surface area contributed by atoms with Gasteiger partial charge in [0.2, 0.25) is 11.8 Å². The van der Waals surface area contributed by atoms with Gasteiger partial charge < -0.3 is 10.2 Å². The molecule has 3 rings (SSSR count). The number of benzene rings is 1. The number of carbonyl (C=O) groups is 3. The molecule has 0 radical (unpaired) electrons. The van der Waals surface area contributed by atoms with Crippen LogP contribution in [0.3, 0.4) is 0 Å². The van der Waals surface area contributed by atoms with E-state index >= 15 is 0 Å². The normalized spacial score (nSPS) is 29.6. The Bertz CT molecular complexity index is 793. The van der Waals surface area contributed by atoms with Gasteiger partial charge in [0.25, 0.3) is 0 Å². The third-order valence-electron chi connectivity index (χ3n) is 5.86. The molecular weight excluding hydrogens is 360 g/mol. The van der Waals surface area contributed by atoms with Gasteiger partial charge in [0.15, 0.2) is 0 Å². The predicted molar refractivity (Wildman–Crippen MR) is 102 cm³/mol. The number of carboxylic acids is 1. The number of nitrogens with one attached hydrogen (secondary N) is 1. The van der Waals surface area contributed by atoms with Crippen molar-refractivity contribution in [2.75, 3.05) is 6.54 Å². The number of hydrogen-bond donors (Lipinski definition) is 3. The van der Waals surface area contributed by atoms with Gasteiger partial charge in [-0.2, -0.15) is 0 Å². The van der Waals surface area contributed by atoms with Crippen LogP contribution in [0.1, 0.15) is 51.6 Å². The minimum absolute atomic E-state index is 0.0000332. The summed E-state index contributed by atoms with van der Waals surface area (Å²) < 4.78 is 0. The van der Waals surface area contributed by atoms with Gasteiger partial charge in [-0.3, -0.25) is 24.6 Å². The Hall–Kier alpha value is -2.41. The molecule has 2 fully saturated rings. The van der Waals surface area contributed by atoms with Gasteiger partial charge in [-0.05, 0) is 24.8 Å². The smallest absolute Gasteiger partial charge is 0.324 e. The van der Waals surface area contributed by atoms with Crippen molar-refractivity contribution in [1.29, 1.82) is 0 Å². The molecule has 7 nitrogen and oxygen atoms in total. The summed E-state index contributed by atoms with van der Waals surface area (Å²) in [5.74, 6) is -3.74. The number of carboxylic acid groups (broad SMARTS) is 1. The Morgan fingerprint density at radius 1 is 1.25 bits per heavy atom. The third kappa shape index (κ3) is 3.07. The monoisotopic (exact) mass is 388 g/mol. The lowest BCUT2D eigenvalue weighted by Gasteiger charge is -2.32. The number of imide groups is 1. The fourth-order valence-electron chi connectivity index (χ4n) is 4.73. The van der Waals surface area contributed by atoms with E-state index in [1.807, 2.05) is 20.8 Å². The summed E-state index contributed by atoms with van der Waals surface area (Å²) in [5.41, 5.74) is -1.10. The zero-order valence-electron chi connectivity index (χ0n) is 16.5. The molecule has 0 aromatic heterocycles. The summed E-state index contributed by atoms with van der Waals surface area (Å²) in [4.78, 5) is 40.0. The van der Waals surface area contributed by atoms with E-state index < -0.39 is 35.3 Å². The summed E-state index contributed by atoms with van der Waals surface area (Å²) in [6.45, 7) is 6.06. The molecule has 7 heteroatoms. The van der Waals surface area contributed by atoms with E-state index in [0.717, 1.165) is 6.42 Å². The number of fused-ring (bicyclic) bond motifs is 1. The molecule has 0 spiro atoms. The highest BCUT2D eigenvalue weighted by molar-refractivity contribution is 6.09. The van der Waals surface area contributed by atoms with Crippen molar-refractivity contribution in [3.05, 3.63) is 29.8 Å². The number of carbonyl (C=O) groups excluding carboxylic acids is 2. The van der Waals surface area contributed by atoms with Crippen molar-refractivity contribution in [3.63, 3.8) is 0 Å². The molecule has 1 aromatic rings. The van der Waals surface area contributed by atoms with Crippen molar-refractivity contribution in [2.45, 2.75) is 51.6 Å². The first-order chi connectivity index (χ1) is 13.2. The Balaban J connectivity index is 2.12. The summed E-state index contributed by atoms with van der Waals surface area (Å²) in [6, 6.07) is 5.84. The molecule has 2 heterocycles. The zero-order valence-corrected chi connectivity index (χ0v) is 16.5. The maximum absolute atomic E-state index is 13.2. The maximum Gasteiger partial charge on any atom is 0.324 e. The molecule has 2 aliphatic heterocycles. The van der Waals surface area contributed by atoms with Crippen LogP contribution >= 0.6 is 0 Å². The topological polar surface area (TPSA) is 107 Å². The quantitative estimate of drug-likeness (QED) is 0.619. The van der Waals surface area contributed by atoms with Crippen molar-refractivity contribution < 1.29 is 24.6 Å². The van der Waals surface area contributed by atoms with Gasteiger partial charge in [0.1, 0.15) is 11.3 Å². The zero-order chi connectivity index (χ0) is 20.6. The van der Waals surface area contributed by atoms with Gasteiger partial charge in [-0.25, -0.2) is 0 Å². The fourth-order valence-corrected chi connectivity index (χ4v) is 4.73. The molecule has 28 heavy (non-hydrogen) atoms. The van der Waals surface area contributed by atoms with E-state index in [0.29, 0.717) is 18.5 Å². The van der Waals surface area contributed by atoms with Gasteiger partial charge in [-0.1, -0.05) is 45.4 Å². The van der Waals surface area contributed by atoms with Crippen molar-refractivity contribution in [1.82, 2.24) is 10.2 Å². The average molecular weight is 388 g/mol. The van der Waals surface area contributed by atoms with Crippen molar-refractivity contribution in [3.8, 4) is 5.75 Å². The number of hydrogen-bond acceptors (Lipinski definition) is 5. The van der Waals surface area contributed by atoms with Gasteiger partial charge in [0, 0.05) is 18.2 Å². The highest BCUT2D eigenvalue weighted by Crippen LogP contribution is 2.52. The van der Waals surface area contributed by atoms with E-state index in [1.54, 1.807) is 18.2 Å². The largest absolute Gasteiger partial charge is 0.508 e. The van der Waals surface area contributed by atoms with Crippen LogP contribution in [0.5, 0.6) is 5.75 Å². The van der Waals surface area contributed by atoms with Crippen LogP contribution in [-0.4, -0.2) is 45.0 Å². The second kappa shape index (κ2) is 7.54. The minimum Gasteiger partial charge on any atom is -0.508 e. The molecule has 0 aliphatic carbocycles. The SMILES string of the molecule is CCCCN1C(=O)[C@H]2[C@@H](C1=O)[C@@](CC(C)C)(C(=O)O)N[C@H]2c1ccccc1O. The molecule has 0 bridgehead atoms. The first-order valence-electron chi connectivity index (χ1n) is 9.88. The second-order valence-electron chi connectivity index (χ2n) is 8.24. The van der Waals surface area contributed by atoms with E-state index in [4.69, 9.17) is 0 Å². The average Bonchev–Trinajstić information content (AvgIpc) is 3.09. The number of likely N-dealkylation sites (tertiary alicyclic amines) is 1. The molecule has 2 aliphatic rings. The van der Waals surface area contributed by atoms with E-state index in [1.165, 1.54) is 11.0 Å². The number of phenols is 1. The standard InChI is InChI=1S/C21H28N2O5/c1-4-5-10-23-18(25)15-16(19(23)26)21(20(27)28,11-12(2)3)22-17(15)13-8-6-7-9-14(13)24/h6-9,12,15-17,22,24H,4-5,10-11H2,1-3H3,(H,27,28)/t15-,16-,17-,21-/m0/s1. The number of rotatable bonds is 7. The van der Waals surface area contributed by atoms with Crippen LogP contribution in [0.4, 0.5) is 0 Å². The maximum atomic E-state index is 13.2. The van der Waals surface area contributed by atoms with Crippen molar-refractivity contribution in [2.24, 2.45) is 17.8 Å². The fraction of sp³-hybridized carbons (Fsp3) is 0.571. The summed E-state index contributed by atoms with van der Waals surface area (Å²) in [7, 11) is 0. The molecule has 152 valence electrons. The van der Waals surface area contributed by atoms with Gasteiger partial charge in [0.05, 0.1) is 11.8 Å².